The van der Waals surface area contributed by atoms with Crippen LogP contribution < -0.4 is 4.90 Å². The smallest absolute Gasteiger partial charge is 0.147 e. The molecule has 2 aromatic rings. The fourth-order valence-corrected chi connectivity index (χ4v) is 3.36. The van der Waals surface area contributed by atoms with Crippen LogP contribution in [-0.2, 0) is 13.0 Å². The molecule has 6 nitrogen and oxygen atoms in total. The standard InChI is InChI=1S/C17H26N6/c1-5-16-9-17(20-12(2)19-16)22-8-6-7-15(10-22)11-23-14(4)18-13(3)21-23/h9,15H,5-8,10-11H2,1-4H3. The third-order valence-corrected chi connectivity index (χ3v) is 4.48. The first-order chi connectivity index (χ1) is 11.0. The van der Waals surface area contributed by atoms with Crippen molar-refractivity contribution in [3.63, 3.8) is 0 Å². The Balaban J connectivity index is 1.73. The van der Waals surface area contributed by atoms with Crippen LogP contribution in [0.1, 0.15) is 42.9 Å². The van der Waals surface area contributed by atoms with Crippen molar-refractivity contribution in [2.75, 3.05) is 18.0 Å². The Kier molecular flexibility index (Phi) is 4.59. The van der Waals surface area contributed by atoms with Crippen LogP contribution in [0.5, 0.6) is 0 Å². The zero-order valence-electron chi connectivity index (χ0n) is 14.6. The van der Waals surface area contributed by atoms with Gasteiger partial charge in [0.05, 0.1) is 0 Å². The van der Waals surface area contributed by atoms with Gasteiger partial charge in [0.25, 0.3) is 0 Å². The number of hydrogen-bond donors (Lipinski definition) is 0. The van der Waals surface area contributed by atoms with Gasteiger partial charge >= 0.3 is 0 Å². The molecule has 0 bridgehead atoms. The Labute approximate surface area is 138 Å². The van der Waals surface area contributed by atoms with Crippen molar-refractivity contribution < 1.29 is 0 Å². The molecule has 0 saturated carbocycles. The maximum atomic E-state index is 4.65. The van der Waals surface area contributed by atoms with Crippen LogP contribution in [0.3, 0.4) is 0 Å². The van der Waals surface area contributed by atoms with Gasteiger partial charge in [-0.25, -0.2) is 19.6 Å². The van der Waals surface area contributed by atoms with Crippen LogP contribution in [0.4, 0.5) is 5.82 Å². The van der Waals surface area contributed by atoms with Gasteiger partial charge in [0, 0.05) is 31.4 Å². The van der Waals surface area contributed by atoms with Crippen LogP contribution in [0.15, 0.2) is 6.07 Å². The average Bonchev–Trinajstić information content (AvgIpc) is 2.84. The van der Waals surface area contributed by atoms with Crippen molar-refractivity contribution in [3.05, 3.63) is 29.2 Å². The summed E-state index contributed by atoms with van der Waals surface area (Å²) in [4.78, 5) is 15.9. The summed E-state index contributed by atoms with van der Waals surface area (Å²) in [5, 5.41) is 4.51. The number of hydrogen-bond acceptors (Lipinski definition) is 5. The summed E-state index contributed by atoms with van der Waals surface area (Å²) >= 11 is 0. The van der Waals surface area contributed by atoms with E-state index in [-0.39, 0.29) is 0 Å². The molecule has 2 aromatic heterocycles. The van der Waals surface area contributed by atoms with E-state index in [1.54, 1.807) is 0 Å². The summed E-state index contributed by atoms with van der Waals surface area (Å²) in [7, 11) is 0. The highest BCUT2D eigenvalue weighted by Crippen LogP contribution is 2.23. The summed E-state index contributed by atoms with van der Waals surface area (Å²) in [5.74, 6) is 4.39. The molecule has 124 valence electrons. The highest BCUT2D eigenvalue weighted by molar-refractivity contribution is 5.40. The fourth-order valence-electron chi connectivity index (χ4n) is 3.36. The van der Waals surface area contributed by atoms with E-state index in [9.17, 15) is 0 Å². The third-order valence-electron chi connectivity index (χ3n) is 4.48. The average molecular weight is 314 g/mol. The Bertz CT molecular complexity index is 678. The maximum Gasteiger partial charge on any atom is 0.147 e. The zero-order valence-corrected chi connectivity index (χ0v) is 14.6. The van der Waals surface area contributed by atoms with Gasteiger partial charge in [-0.2, -0.15) is 5.10 Å². The molecule has 3 rings (SSSR count). The van der Waals surface area contributed by atoms with Crippen molar-refractivity contribution in [1.29, 1.82) is 0 Å². The summed E-state index contributed by atoms with van der Waals surface area (Å²) in [5.41, 5.74) is 1.12. The van der Waals surface area contributed by atoms with E-state index in [4.69, 9.17) is 0 Å². The largest absolute Gasteiger partial charge is 0.356 e. The van der Waals surface area contributed by atoms with E-state index >= 15 is 0 Å². The molecule has 1 saturated heterocycles. The lowest BCUT2D eigenvalue weighted by molar-refractivity contribution is 0.346. The SMILES string of the molecule is CCc1cc(N2CCCC(Cn3nc(C)nc3C)C2)nc(C)n1. The van der Waals surface area contributed by atoms with Crippen LogP contribution in [0.2, 0.25) is 0 Å². The molecule has 1 unspecified atom stereocenters. The molecule has 23 heavy (non-hydrogen) atoms. The van der Waals surface area contributed by atoms with Crippen LogP contribution in [0.25, 0.3) is 0 Å². The van der Waals surface area contributed by atoms with Gasteiger partial charge in [-0.05, 0) is 46.0 Å². The second-order valence-electron chi connectivity index (χ2n) is 6.46. The quantitative estimate of drug-likeness (QED) is 0.867. The number of anilines is 1. The highest BCUT2D eigenvalue weighted by atomic mass is 15.3. The lowest BCUT2D eigenvalue weighted by Crippen LogP contribution is -2.38. The topological polar surface area (TPSA) is 59.7 Å². The minimum Gasteiger partial charge on any atom is -0.356 e. The Morgan fingerprint density at radius 1 is 1.13 bits per heavy atom. The molecule has 0 aliphatic carbocycles. The van der Waals surface area contributed by atoms with Crippen LogP contribution in [-0.4, -0.2) is 37.8 Å². The van der Waals surface area contributed by atoms with Crippen molar-refractivity contribution in [3.8, 4) is 0 Å². The van der Waals surface area contributed by atoms with E-state index in [1.807, 2.05) is 25.5 Å². The second kappa shape index (κ2) is 6.64. The fraction of sp³-hybridized carbons (Fsp3) is 0.647. The number of rotatable bonds is 4. The first-order valence-corrected chi connectivity index (χ1v) is 8.52. The van der Waals surface area contributed by atoms with Crippen molar-refractivity contribution in [1.82, 2.24) is 24.7 Å². The molecule has 0 radical (unpaired) electrons. The Morgan fingerprint density at radius 3 is 2.65 bits per heavy atom. The predicted octanol–water partition coefficient (Wildman–Crippen LogP) is 2.47. The molecule has 3 heterocycles. The Hall–Kier alpha value is -1.98. The normalized spacial score (nSPS) is 18.4. The van der Waals surface area contributed by atoms with Gasteiger partial charge in [-0.3, -0.25) is 0 Å². The van der Waals surface area contributed by atoms with E-state index in [0.717, 1.165) is 55.0 Å². The van der Waals surface area contributed by atoms with Crippen molar-refractivity contribution in [2.45, 2.75) is 53.5 Å². The lowest BCUT2D eigenvalue weighted by Gasteiger charge is -2.33. The predicted molar refractivity (Wildman–Crippen MR) is 90.6 cm³/mol. The van der Waals surface area contributed by atoms with E-state index in [2.05, 4.69) is 37.9 Å². The first kappa shape index (κ1) is 15.9. The zero-order chi connectivity index (χ0) is 16.4. The molecule has 1 aliphatic heterocycles. The summed E-state index contributed by atoms with van der Waals surface area (Å²) in [6.07, 6.45) is 3.38. The number of aromatic nitrogens is 5. The molecule has 0 amide bonds. The molecule has 1 atom stereocenters. The third kappa shape index (κ3) is 3.68. The molecule has 6 heteroatoms. The molecule has 0 spiro atoms. The molecular formula is C17H26N6. The molecular weight excluding hydrogens is 288 g/mol. The van der Waals surface area contributed by atoms with Gasteiger partial charge in [-0.1, -0.05) is 6.92 Å². The van der Waals surface area contributed by atoms with E-state index in [0.29, 0.717) is 5.92 Å². The summed E-state index contributed by atoms with van der Waals surface area (Å²) < 4.78 is 2.05. The molecule has 1 fully saturated rings. The molecule has 1 aliphatic rings. The van der Waals surface area contributed by atoms with Gasteiger partial charge in [0.1, 0.15) is 23.3 Å². The van der Waals surface area contributed by atoms with Gasteiger partial charge in [0.2, 0.25) is 0 Å². The highest BCUT2D eigenvalue weighted by Gasteiger charge is 2.23. The minimum absolute atomic E-state index is 0.587. The van der Waals surface area contributed by atoms with E-state index < -0.39 is 0 Å². The molecule has 0 N–H and O–H groups in total. The lowest BCUT2D eigenvalue weighted by atomic mass is 9.98. The maximum absolute atomic E-state index is 4.65. The molecule has 0 aromatic carbocycles. The van der Waals surface area contributed by atoms with Gasteiger partial charge in [-0.15, -0.1) is 0 Å². The Morgan fingerprint density at radius 2 is 1.96 bits per heavy atom. The van der Waals surface area contributed by atoms with E-state index in [1.165, 1.54) is 12.8 Å². The monoisotopic (exact) mass is 314 g/mol. The van der Waals surface area contributed by atoms with Gasteiger partial charge < -0.3 is 4.90 Å². The summed E-state index contributed by atoms with van der Waals surface area (Å²) in [6, 6.07) is 2.14. The first-order valence-electron chi connectivity index (χ1n) is 8.52. The van der Waals surface area contributed by atoms with Gasteiger partial charge in [0.15, 0.2) is 0 Å². The number of nitrogens with zero attached hydrogens (tertiary/aromatic N) is 6. The number of aryl methyl sites for hydroxylation is 4. The minimum atomic E-state index is 0.587. The van der Waals surface area contributed by atoms with Crippen molar-refractivity contribution >= 4 is 5.82 Å². The van der Waals surface area contributed by atoms with Crippen LogP contribution in [0, 0.1) is 26.7 Å². The summed E-state index contributed by atoms with van der Waals surface area (Å²) in [6.45, 7) is 11.1. The number of piperidine rings is 1. The second-order valence-corrected chi connectivity index (χ2v) is 6.46. The van der Waals surface area contributed by atoms with Crippen molar-refractivity contribution in [2.24, 2.45) is 5.92 Å². The van der Waals surface area contributed by atoms with Crippen LogP contribution >= 0.6 is 0 Å².